The van der Waals surface area contributed by atoms with E-state index in [-0.39, 0.29) is 24.4 Å². The highest BCUT2D eigenvalue weighted by atomic mass is 32.1. The number of amides is 1. The second-order valence-electron chi connectivity index (χ2n) is 5.78. The molecule has 2 aromatic rings. The smallest absolute Gasteiger partial charge is 0.337 e. The summed E-state index contributed by atoms with van der Waals surface area (Å²) in [4.78, 5) is 27.7. The van der Waals surface area contributed by atoms with Crippen LogP contribution in [-0.4, -0.2) is 18.5 Å². The number of cyclic esters (lactones) is 1. The predicted molar refractivity (Wildman–Crippen MR) is 88.3 cm³/mol. The molecule has 116 valence electrons. The van der Waals surface area contributed by atoms with Crippen LogP contribution in [0.4, 0.5) is 5.69 Å². The number of esters is 1. The average Bonchev–Trinajstić information content (AvgIpc) is 3.17. The Bertz CT molecular complexity index is 823. The van der Waals surface area contributed by atoms with Crippen molar-refractivity contribution in [2.75, 3.05) is 11.5 Å². The standard InChI is InChI=1S/C18H15NO3S/c1-11-4-2-5-12(8-11)19-14-10-22-18(21)17(14)13(9-16(19)20)15-6-3-7-23-15/h2-8,13H,9-10H2,1H3. The second-order valence-corrected chi connectivity index (χ2v) is 6.76. The van der Waals surface area contributed by atoms with Crippen LogP contribution in [0.15, 0.2) is 53.0 Å². The summed E-state index contributed by atoms with van der Waals surface area (Å²) < 4.78 is 5.26. The summed E-state index contributed by atoms with van der Waals surface area (Å²) >= 11 is 1.57. The van der Waals surface area contributed by atoms with Crippen LogP contribution >= 0.6 is 11.3 Å². The van der Waals surface area contributed by atoms with Gasteiger partial charge in [-0.15, -0.1) is 11.3 Å². The van der Waals surface area contributed by atoms with Gasteiger partial charge in [-0.2, -0.15) is 0 Å². The molecule has 0 bridgehead atoms. The number of hydrogen-bond acceptors (Lipinski definition) is 4. The lowest BCUT2D eigenvalue weighted by molar-refractivity contribution is -0.136. The number of anilines is 1. The summed E-state index contributed by atoms with van der Waals surface area (Å²) in [5, 5.41) is 1.97. The Morgan fingerprint density at radius 3 is 2.83 bits per heavy atom. The van der Waals surface area contributed by atoms with Crippen molar-refractivity contribution in [1.29, 1.82) is 0 Å². The van der Waals surface area contributed by atoms with Gasteiger partial charge in [-0.05, 0) is 36.1 Å². The number of benzene rings is 1. The van der Waals surface area contributed by atoms with E-state index in [2.05, 4.69) is 0 Å². The van der Waals surface area contributed by atoms with Crippen molar-refractivity contribution in [3.05, 3.63) is 63.5 Å². The average molecular weight is 325 g/mol. The molecule has 0 radical (unpaired) electrons. The number of aryl methyl sites for hydroxylation is 1. The van der Waals surface area contributed by atoms with E-state index in [0.717, 1.165) is 16.1 Å². The molecule has 1 unspecified atom stereocenters. The lowest BCUT2D eigenvalue weighted by Crippen LogP contribution is -2.37. The third-order valence-corrected chi connectivity index (χ3v) is 5.25. The minimum Gasteiger partial charge on any atom is -0.456 e. The number of carbonyl (C=O) groups is 2. The van der Waals surface area contributed by atoms with E-state index in [4.69, 9.17) is 4.74 Å². The molecular weight excluding hydrogens is 310 g/mol. The minimum absolute atomic E-state index is 0.00560. The third-order valence-electron chi connectivity index (χ3n) is 4.26. The van der Waals surface area contributed by atoms with E-state index < -0.39 is 0 Å². The first-order valence-electron chi connectivity index (χ1n) is 7.48. The summed E-state index contributed by atoms with van der Waals surface area (Å²) in [7, 11) is 0. The first-order chi connectivity index (χ1) is 11.1. The minimum atomic E-state index is -0.302. The first-order valence-corrected chi connectivity index (χ1v) is 8.36. The molecule has 4 rings (SSSR count). The van der Waals surface area contributed by atoms with Crippen LogP contribution in [0.3, 0.4) is 0 Å². The number of ether oxygens (including phenoxy) is 1. The van der Waals surface area contributed by atoms with Gasteiger partial charge in [0, 0.05) is 22.9 Å². The quantitative estimate of drug-likeness (QED) is 0.795. The molecule has 0 saturated heterocycles. The Kier molecular flexibility index (Phi) is 3.31. The predicted octanol–water partition coefficient (Wildman–Crippen LogP) is 3.39. The molecule has 2 aliphatic rings. The zero-order valence-corrected chi connectivity index (χ0v) is 13.4. The van der Waals surface area contributed by atoms with Crippen molar-refractivity contribution < 1.29 is 14.3 Å². The molecular formula is C18H15NO3S. The Hall–Kier alpha value is -2.40. The molecule has 5 heteroatoms. The van der Waals surface area contributed by atoms with Crippen molar-refractivity contribution >= 4 is 28.9 Å². The van der Waals surface area contributed by atoms with Gasteiger partial charge in [0.2, 0.25) is 5.91 Å². The van der Waals surface area contributed by atoms with E-state index in [1.807, 2.05) is 48.7 Å². The zero-order valence-electron chi connectivity index (χ0n) is 12.6. The fraction of sp³-hybridized carbons (Fsp3) is 0.222. The monoisotopic (exact) mass is 325 g/mol. The number of rotatable bonds is 2. The van der Waals surface area contributed by atoms with Gasteiger partial charge in [0.05, 0.1) is 11.3 Å². The molecule has 0 fully saturated rings. The van der Waals surface area contributed by atoms with Gasteiger partial charge >= 0.3 is 5.97 Å². The molecule has 4 nitrogen and oxygen atoms in total. The number of hydrogen-bond donors (Lipinski definition) is 0. The maximum atomic E-state index is 12.8. The number of thiophene rings is 1. The third kappa shape index (κ3) is 2.28. The van der Waals surface area contributed by atoms with E-state index in [1.165, 1.54) is 0 Å². The van der Waals surface area contributed by atoms with Crippen molar-refractivity contribution in [3.8, 4) is 0 Å². The van der Waals surface area contributed by atoms with Crippen LogP contribution in [0, 0.1) is 6.92 Å². The Balaban J connectivity index is 1.85. The molecule has 1 aromatic carbocycles. The molecule has 1 atom stereocenters. The summed E-state index contributed by atoms with van der Waals surface area (Å²) in [6.07, 6.45) is 0.294. The van der Waals surface area contributed by atoms with Gasteiger partial charge in [0.15, 0.2) is 0 Å². The SMILES string of the molecule is Cc1cccc(N2C(=O)CC(c3cccs3)C3=C2COC3=O)c1. The number of carbonyl (C=O) groups excluding carboxylic acids is 2. The van der Waals surface area contributed by atoms with E-state index in [9.17, 15) is 9.59 Å². The zero-order chi connectivity index (χ0) is 16.0. The highest BCUT2D eigenvalue weighted by molar-refractivity contribution is 7.10. The molecule has 1 amide bonds. The summed E-state index contributed by atoms with van der Waals surface area (Å²) in [6, 6.07) is 11.7. The molecule has 23 heavy (non-hydrogen) atoms. The lowest BCUT2D eigenvalue weighted by atomic mass is 9.88. The van der Waals surface area contributed by atoms with Crippen LogP contribution in [0.2, 0.25) is 0 Å². The molecule has 0 saturated carbocycles. The highest BCUT2D eigenvalue weighted by Gasteiger charge is 2.43. The van der Waals surface area contributed by atoms with Gasteiger partial charge in [-0.3, -0.25) is 9.69 Å². The van der Waals surface area contributed by atoms with Gasteiger partial charge in [0.1, 0.15) is 6.61 Å². The highest BCUT2D eigenvalue weighted by Crippen LogP contribution is 2.43. The normalized spacial score (nSPS) is 20.7. The van der Waals surface area contributed by atoms with Gasteiger partial charge in [0.25, 0.3) is 0 Å². The molecule has 0 N–H and O–H groups in total. The molecule has 0 spiro atoms. The fourth-order valence-corrected chi connectivity index (χ4v) is 4.09. The van der Waals surface area contributed by atoms with E-state index in [0.29, 0.717) is 17.7 Å². The molecule has 3 heterocycles. The summed E-state index contributed by atoms with van der Waals surface area (Å²) in [5.74, 6) is -0.483. The maximum Gasteiger partial charge on any atom is 0.337 e. The fourth-order valence-electron chi connectivity index (χ4n) is 3.25. The van der Waals surface area contributed by atoms with Crippen LogP contribution < -0.4 is 4.90 Å². The Morgan fingerprint density at radius 2 is 2.09 bits per heavy atom. The Labute approximate surface area is 138 Å². The van der Waals surface area contributed by atoms with Crippen LogP contribution in [0.1, 0.15) is 22.8 Å². The number of nitrogens with zero attached hydrogens (tertiary/aromatic N) is 1. The van der Waals surface area contributed by atoms with Crippen molar-refractivity contribution in [2.45, 2.75) is 19.3 Å². The largest absolute Gasteiger partial charge is 0.456 e. The molecule has 0 aliphatic carbocycles. The lowest BCUT2D eigenvalue weighted by Gasteiger charge is -2.31. The summed E-state index contributed by atoms with van der Waals surface area (Å²) in [5.41, 5.74) is 3.19. The topological polar surface area (TPSA) is 46.6 Å². The van der Waals surface area contributed by atoms with E-state index >= 15 is 0 Å². The second kappa shape index (κ2) is 5.35. The first kappa shape index (κ1) is 14.2. The Morgan fingerprint density at radius 1 is 1.22 bits per heavy atom. The summed E-state index contributed by atoms with van der Waals surface area (Å²) in [6.45, 7) is 2.15. The van der Waals surface area contributed by atoms with Crippen molar-refractivity contribution in [2.24, 2.45) is 0 Å². The maximum absolute atomic E-state index is 12.8. The van der Waals surface area contributed by atoms with Gasteiger partial charge in [-0.25, -0.2) is 4.79 Å². The molecule has 1 aromatic heterocycles. The molecule has 2 aliphatic heterocycles. The van der Waals surface area contributed by atoms with Crippen LogP contribution in [-0.2, 0) is 14.3 Å². The van der Waals surface area contributed by atoms with Gasteiger partial charge in [-0.1, -0.05) is 18.2 Å². The van der Waals surface area contributed by atoms with Crippen LogP contribution in [0.25, 0.3) is 0 Å². The van der Waals surface area contributed by atoms with Gasteiger partial charge < -0.3 is 4.74 Å². The van der Waals surface area contributed by atoms with E-state index in [1.54, 1.807) is 16.2 Å². The van der Waals surface area contributed by atoms with Crippen molar-refractivity contribution in [3.63, 3.8) is 0 Å². The van der Waals surface area contributed by atoms with Crippen molar-refractivity contribution in [1.82, 2.24) is 0 Å². The van der Waals surface area contributed by atoms with Crippen LogP contribution in [0.5, 0.6) is 0 Å².